The average Bonchev–Trinajstić information content (AvgIpc) is 3.10. The predicted molar refractivity (Wildman–Crippen MR) is 106 cm³/mol. The maximum atomic E-state index is 6.26. The van der Waals surface area contributed by atoms with E-state index in [1.54, 1.807) is 16.6 Å². The van der Waals surface area contributed by atoms with Crippen molar-refractivity contribution in [3.05, 3.63) is 53.0 Å². The zero-order chi connectivity index (χ0) is 17.9. The Morgan fingerprint density at radius 2 is 2.15 bits per heavy atom. The van der Waals surface area contributed by atoms with Crippen LogP contribution >= 0.6 is 11.6 Å². The van der Waals surface area contributed by atoms with Crippen LogP contribution in [0.2, 0.25) is 5.02 Å². The molecule has 3 aromatic rings. The van der Waals surface area contributed by atoms with Gasteiger partial charge in [0.2, 0.25) is 0 Å². The van der Waals surface area contributed by atoms with Gasteiger partial charge in [0.25, 0.3) is 0 Å². The second kappa shape index (κ2) is 7.46. The van der Waals surface area contributed by atoms with Crippen molar-refractivity contribution in [2.24, 2.45) is 0 Å². The second-order valence-electron chi connectivity index (χ2n) is 6.73. The lowest BCUT2D eigenvalue weighted by Gasteiger charge is -2.13. The number of hydrogen-bond acceptors (Lipinski definition) is 4. The Bertz CT molecular complexity index is 960. The zero-order valence-corrected chi connectivity index (χ0v) is 15.6. The number of benzene rings is 1. The maximum Gasteiger partial charge on any atom is 0.168 e. The van der Waals surface area contributed by atoms with E-state index in [1.807, 2.05) is 31.3 Å². The molecule has 6 heteroatoms. The molecule has 5 nitrogen and oxygen atoms in total. The smallest absolute Gasteiger partial charge is 0.168 e. The summed E-state index contributed by atoms with van der Waals surface area (Å²) in [5.41, 5.74) is 4.27. The summed E-state index contributed by atoms with van der Waals surface area (Å²) in [5.74, 6) is 0.830. The number of nitrogens with zero attached hydrogens (tertiary/aromatic N) is 4. The number of rotatable bonds is 5. The summed E-state index contributed by atoms with van der Waals surface area (Å²) in [7, 11) is 0. The van der Waals surface area contributed by atoms with Gasteiger partial charge in [0.1, 0.15) is 12.1 Å². The van der Waals surface area contributed by atoms with Gasteiger partial charge in [-0.15, -0.1) is 0 Å². The Morgan fingerprint density at radius 1 is 1.23 bits per heavy atom. The molecule has 1 aromatic carbocycles. The van der Waals surface area contributed by atoms with E-state index in [0.717, 1.165) is 46.1 Å². The number of anilines is 1. The van der Waals surface area contributed by atoms with Crippen molar-refractivity contribution in [1.82, 2.24) is 19.7 Å². The van der Waals surface area contributed by atoms with E-state index >= 15 is 0 Å². The fraction of sp³-hybridized carbons (Fsp3) is 0.350. The van der Waals surface area contributed by atoms with Crippen LogP contribution in [0.4, 0.5) is 5.82 Å². The first-order valence-electron chi connectivity index (χ1n) is 9.09. The molecule has 0 amide bonds. The molecular formula is C20H22ClN5. The molecule has 0 atom stereocenters. The molecule has 0 bridgehead atoms. The molecule has 0 saturated heterocycles. The van der Waals surface area contributed by atoms with Crippen LogP contribution in [0.5, 0.6) is 0 Å². The summed E-state index contributed by atoms with van der Waals surface area (Å²) in [6, 6.07) is 5.90. The molecule has 1 aliphatic rings. The molecule has 2 heterocycles. The molecular weight excluding hydrogens is 346 g/mol. The first kappa shape index (κ1) is 17.0. The van der Waals surface area contributed by atoms with Crippen molar-refractivity contribution in [3.63, 3.8) is 0 Å². The van der Waals surface area contributed by atoms with Crippen LogP contribution < -0.4 is 5.32 Å². The molecule has 1 aliphatic carbocycles. The summed E-state index contributed by atoms with van der Waals surface area (Å²) in [6.07, 6.45) is 11.9. The quantitative estimate of drug-likeness (QED) is 0.639. The van der Waals surface area contributed by atoms with Gasteiger partial charge in [-0.2, -0.15) is 5.10 Å². The van der Waals surface area contributed by atoms with Crippen LogP contribution in [0.3, 0.4) is 0 Å². The van der Waals surface area contributed by atoms with Crippen LogP contribution in [0.15, 0.2) is 42.4 Å². The van der Waals surface area contributed by atoms with Gasteiger partial charge >= 0.3 is 0 Å². The van der Waals surface area contributed by atoms with Crippen molar-refractivity contribution in [2.75, 3.05) is 11.9 Å². The van der Waals surface area contributed by atoms with Gasteiger partial charge in [-0.05, 0) is 56.7 Å². The minimum absolute atomic E-state index is 0.722. The third kappa shape index (κ3) is 3.44. The summed E-state index contributed by atoms with van der Waals surface area (Å²) in [4.78, 5) is 8.83. The van der Waals surface area contributed by atoms with E-state index in [2.05, 4.69) is 26.5 Å². The Kier molecular flexibility index (Phi) is 4.89. The number of nitrogens with one attached hydrogen (secondary N) is 1. The minimum atomic E-state index is 0.722. The molecule has 0 fully saturated rings. The molecule has 26 heavy (non-hydrogen) atoms. The highest BCUT2D eigenvalue weighted by Crippen LogP contribution is 2.25. The van der Waals surface area contributed by atoms with E-state index in [-0.39, 0.29) is 0 Å². The van der Waals surface area contributed by atoms with Crippen molar-refractivity contribution < 1.29 is 0 Å². The summed E-state index contributed by atoms with van der Waals surface area (Å²) < 4.78 is 1.80. The van der Waals surface area contributed by atoms with Crippen molar-refractivity contribution in [2.45, 2.75) is 39.0 Å². The summed E-state index contributed by atoms with van der Waals surface area (Å²) in [6.45, 7) is 2.86. The first-order valence-corrected chi connectivity index (χ1v) is 9.47. The first-order chi connectivity index (χ1) is 12.7. The Morgan fingerprint density at radius 3 is 2.96 bits per heavy atom. The van der Waals surface area contributed by atoms with Crippen molar-refractivity contribution in [3.8, 4) is 5.69 Å². The van der Waals surface area contributed by atoms with Crippen LogP contribution in [0.25, 0.3) is 16.7 Å². The lowest BCUT2D eigenvalue weighted by molar-refractivity contribution is 0.679. The van der Waals surface area contributed by atoms with Gasteiger partial charge in [0.15, 0.2) is 5.65 Å². The minimum Gasteiger partial charge on any atom is -0.369 e. The molecule has 0 radical (unpaired) electrons. The van der Waals surface area contributed by atoms with Crippen LogP contribution in [0, 0.1) is 6.92 Å². The third-order valence-corrected chi connectivity index (χ3v) is 5.30. The Labute approximate surface area is 158 Å². The van der Waals surface area contributed by atoms with Crippen LogP contribution in [-0.2, 0) is 0 Å². The largest absolute Gasteiger partial charge is 0.369 e. The van der Waals surface area contributed by atoms with E-state index in [4.69, 9.17) is 11.6 Å². The molecule has 2 aromatic heterocycles. The van der Waals surface area contributed by atoms with Gasteiger partial charge in [-0.3, -0.25) is 0 Å². The Balaban J connectivity index is 1.56. The van der Waals surface area contributed by atoms with E-state index in [1.165, 1.54) is 25.7 Å². The molecule has 0 saturated carbocycles. The molecule has 0 unspecified atom stereocenters. The number of aromatic nitrogens is 4. The number of allylic oxidation sites excluding steroid dienone is 1. The SMILES string of the molecule is Cc1ccc(-n2ncc3c(NCCC4=CCCCC4)ncnc32)cc1Cl. The number of fused-ring (bicyclic) bond motifs is 1. The Hall–Kier alpha value is -2.40. The lowest BCUT2D eigenvalue weighted by atomic mass is 9.97. The van der Waals surface area contributed by atoms with E-state index < -0.39 is 0 Å². The van der Waals surface area contributed by atoms with Gasteiger partial charge in [-0.1, -0.05) is 29.3 Å². The van der Waals surface area contributed by atoms with E-state index in [9.17, 15) is 0 Å². The monoisotopic (exact) mass is 367 g/mol. The van der Waals surface area contributed by atoms with Gasteiger partial charge in [-0.25, -0.2) is 14.6 Å². The normalized spacial score (nSPS) is 14.5. The topological polar surface area (TPSA) is 55.6 Å². The number of halogens is 1. The number of hydrogen-bond donors (Lipinski definition) is 1. The van der Waals surface area contributed by atoms with Crippen molar-refractivity contribution >= 4 is 28.5 Å². The highest BCUT2D eigenvalue weighted by molar-refractivity contribution is 6.31. The maximum absolute atomic E-state index is 6.26. The van der Waals surface area contributed by atoms with Crippen molar-refractivity contribution in [1.29, 1.82) is 0 Å². The highest BCUT2D eigenvalue weighted by Gasteiger charge is 2.12. The summed E-state index contributed by atoms with van der Waals surface area (Å²) >= 11 is 6.26. The standard InChI is InChI=1S/C20H22ClN5/c1-14-7-8-16(11-18(14)21)26-20-17(12-25-26)19(23-13-24-20)22-10-9-15-5-3-2-4-6-15/h5,7-8,11-13H,2-4,6,9-10H2,1H3,(H,22,23,24). The van der Waals surface area contributed by atoms with Crippen LogP contribution in [0.1, 0.15) is 37.7 Å². The molecule has 134 valence electrons. The van der Waals surface area contributed by atoms with Crippen LogP contribution in [-0.4, -0.2) is 26.3 Å². The third-order valence-electron chi connectivity index (χ3n) is 4.89. The predicted octanol–water partition coefficient (Wildman–Crippen LogP) is 5.08. The zero-order valence-electron chi connectivity index (χ0n) is 14.9. The van der Waals surface area contributed by atoms with Gasteiger partial charge in [0.05, 0.1) is 17.3 Å². The highest BCUT2D eigenvalue weighted by atomic mass is 35.5. The summed E-state index contributed by atoms with van der Waals surface area (Å²) in [5, 5.41) is 9.59. The lowest BCUT2D eigenvalue weighted by Crippen LogP contribution is -2.06. The molecule has 1 N–H and O–H groups in total. The van der Waals surface area contributed by atoms with E-state index in [0.29, 0.717) is 0 Å². The second-order valence-corrected chi connectivity index (χ2v) is 7.14. The van der Waals surface area contributed by atoms with Gasteiger partial charge < -0.3 is 5.32 Å². The number of aryl methyl sites for hydroxylation is 1. The molecule has 0 spiro atoms. The molecule has 0 aliphatic heterocycles. The fourth-order valence-electron chi connectivity index (χ4n) is 3.36. The fourth-order valence-corrected chi connectivity index (χ4v) is 3.54. The average molecular weight is 368 g/mol. The molecule has 4 rings (SSSR count). The van der Waals surface area contributed by atoms with Gasteiger partial charge in [0, 0.05) is 11.6 Å².